The summed E-state index contributed by atoms with van der Waals surface area (Å²) in [6.45, 7) is 9.67. The van der Waals surface area contributed by atoms with Crippen molar-refractivity contribution in [2.75, 3.05) is 25.0 Å². The summed E-state index contributed by atoms with van der Waals surface area (Å²) in [6, 6.07) is 0. The minimum absolute atomic E-state index is 0.755. The summed E-state index contributed by atoms with van der Waals surface area (Å²) in [5, 5.41) is 3.19. The highest BCUT2D eigenvalue weighted by Gasteiger charge is 2.27. The second-order valence-electron chi connectivity index (χ2n) is 5.54. The van der Waals surface area contributed by atoms with Crippen molar-refractivity contribution in [3.05, 3.63) is 17.6 Å². The molecule has 18 heavy (non-hydrogen) atoms. The quantitative estimate of drug-likeness (QED) is 0.884. The summed E-state index contributed by atoms with van der Waals surface area (Å²) < 4.78 is 0. The van der Waals surface area contributed by atoms with E-state index in [1.165, 1.54) is 12.0 Å². The van der Waals surface area contributed by atoms with Crippen LogP contribution in [-0.4, -0.2) is 30.1 Å². The van der Waals surface area contributed by atoms with Crippen LogP contribution in [0.2, 0.25) is 0 Å². The van der Waals surface area contributed by atoms with Gasteiger partial charge < -0.3 is 10.2 Å². The van der Waals surface area contributed by atoms with Crippen molar-refractivity contribution in [3.63, 3.8) is 0 Å². The van der Waals surface area contributed by atoms with Crippen LogP contribution < -0.4 is 10.2 Å². The molecule has 2 heterocycles. The Morgan fingerprint density at radius 2 is 2.28 bits per heavy atom. The number of rotatable bonds is 4. The summed E-state index contributed by atoms with van der Waals surface area (Å²) >= 11 is 0. The van der Waals surface area contributed by atoms with Gasteiger partial charge in [-0.15, -0.1) is 0 Å². The van der Waals surface area contributed by atoms with E-state index < -0.39 is 0 Å². The van der Waals surface area contributed by atoms with Crippen molar-refractivity contribution in [1.29, 1.82) is 0 Å². The molecular weight excluding hydrogens is 224 g/mol. The van der Waals surface area contributed by atoms with E-state index in [-0.39, 0.29) is 0 Å². The Morgan fingerprint density at radius 3 is 2.89 bits per heavy atom. The average Bonchev–Trinajstić information content (AvgIpc) is 2.81. The lowest BCUT2D eigenvalue weighted by Crippen LogP contribution is -2.25. The number of anilines is 1. The molecule has 0 aliphatic carbocycles. The normalized spacial score (nSPS) is 19.8. The molecule has 1 N–H and O–H groups in total. The zero-order valence-corrected chi connectivity index (χ0v) is 11.9. The third-order valence-corrected chi connectivity index (χ3v) is 3.80. The highest BCUT2D eigenvalue weighted by molar-refractivity contribution is 5.47. The predicted octanol–water partition coefficient (Wildman–Crippen LogP) is 1.99. The summed E-state index contributed by atoms with van der Waals surface area (Å²) in [4.78, 5) is 11.4. The fourth-order valence-electron chi connectivity index (χ4n) is 2.60. The molecule has 4 nitrogen and oxygen atoms in total. The molecule has 1 aliphatic heterocycles. The van der Waals surface area contributed by atoms with Crippen LogP contribution in [-0.2, 0) is 6.54 Å². The zero-order valence-electron chi connectivity index (χ0n) is 11.9. The van der Waals surface area contributed by atoms with Gasteiger partial charge in [-0.25, -0.2) is 9.97 Å². The van der Waals surface area contributed by atoms with Crippen molar-refractivity contribution >= 4 is 5.82 Å². The second-order valence-corrected chi connectivity index (χ2v) is 5.54. The highest BCUT2D eigenvalue weighted by atomic mass is 15.2. The summed E-state index contributed by atoms with van der Waals surface area (Å²) in [7, 11) is 1.96. The molecular formula is C14H24N4. The maximum atomic E-state index is 4.64. The van der Waals surface area contributed by atoms with Gasteiger partial charge in [-0.2, -0.15) is 0 Å². The molecule has 0 amide bonds. The number of hydrogen-bond donors (Lipinski definition) is 1. The van der Waals surface area contributed by atoms with Crippen LogP contribution in [0.15, 0.2) is 6.20 Å². The lowest BCUT2D eigenvalue weighted by atomic mass is 9.95. The molecule has 0 bridgehead atoms. The number of aromatic nitrogens is 2. The third kappa shape index (κ3) is 2.80. The second kappa shape index (κ2) is 5.65. The minimum atomic E-state index is 0.755. The lowest BCUT2D eigenvalue weighted by molar-refractivity contribution is 0.422. The average molecular weight is 248 g/mol. The van der Waals surface area contributed by atoms with Gasteiger partial charge in [-0.3, -0.25) is 0 Å². The Morgan fingerprint density at radius 1 is 1.50 bits per heavy atom. The van der Waals surface area contributed by atoms with E-state index >= 15 is 0 Å². The lowest BCUT2D eigenvalue weighted by Gasteiger charge is -2.21. The van der Waals surface area contributed by atoms with Crippen molar-refractivity contribution in [2.24, 2.45) is 11.8 Å². The monoisotopic (exact) mass is 248 g/mol. The SMILES string of the molecule is CNCc1cnc(C)nc1N1CCC(C(C)C)C1. The summed E-state index contributed by atoms with van der Waals surface area (Å²) in [5.41, 5.74) is 1.20. The maximum absolute atomic E-state index is 4.64. The molecule has 1 aliphatic rings. The fraction of sp³-hybridized carbons (Fsp3) is 0.714. The first kappa shape index (κ1) is 13.3. The first-order valence-electron chi connectivity index (χ1n) is 6.84. The van der Waals surface area contributed by atoms with E-state index in [4.69, 9.17) is 0 Å². The Hall–Kier alpha value is -1.16. The molecule has 1 atom stereocenters. The number of hydrogen-bond acceptors (Lipinski definition) is 4. The maximum Gasteiger partial charge on any atom is 0.136 e. The topological polar surface area (TPSA) is 41.1 Å². The highest BCUT2D eigenvalue weighted by Crippen LogP contribution is 2.28. The molecule has 0 saturated carbocycles. The van der Waals surface area contributed by atoms with Gasteiger partial charge in [0.15, 0.2) is 0 Å². The van der Waals surface area contributed by atoms with Gasteiger partial charge in [0.2, 0.25) is 0 Å². The number of nitrogens with one attached hydrogen (secondary N) is 1. The van der Waals surface area contributed by atoms with Crippen LogP contribution in [0.25, 0.3) is 0 Å². The summed E-state index contributed by atoms with van der Waals surface area (Å²) in [6.07, 6.45) is 3.23. The Bertz CT molecular complexity index is 403. The summed E-state index contributed by atoms with van der Waals surface area (Å²) in [5.74, 6) is 3.53. The van der Waals surface area contributed by atoms with Crippen LogP contribution >= 0.6 is 0 Å². The van der Waals surface area contributed by atoms with E-state index in [0.29, 0.717) is 0 Å². The Balaban J connectivity index is 2.19. The standard InChI is InChI=1S/C14H24N4/c1-10(2)12-5-6-18(9-12)14-13(7-15-4)8-16-11(3)17-14/h8,10,12,15H,5-7,9H2,1-4H3. The van der Waals surface area contributed by atoms with Crippen LogP contribution in [0.4, 0.5) is 5.82 Å². The van der Waals surface area contributed by atoms with Gasteiger partial charge in [0.05, 0.1) is 0 Å². The van der Waals surface area contributed by atoms with Crippen molar-refractivity contribution < 1.29 is 0 Å². The van der Waals surface area contributed by atoms with E-state index in [1.54, 1.807) is 0 Å². The molecule has 1 aromatic rings. The number of aryl methyl sites for hydroxylation is 1. The van der Waals surface area contributed by atoms with Gasteiger partial charge in [0.25, 0.3) is 0 Å². The fourth-order valence-corrected chi connectivity index (χ4v) is 2.60. The third-order valence-electron chi connectivity index (χ3n) is 3.80. The van der Waals surface area contributed by atoms with Crippen LogP contribution in [0.1, 0.15) is 31.7 Å². The van der Waals surface area contributed by atoms with Gasteiger partial charge in [0.1, 0.15) is 11.6 Å². The largest absolute Gasteiger partial charge is 0.356 e. The van der Waals surface area contributed by atoms with Gasteiger partial charge in [-0.1, -0.05) is 13.8 Å². The van der Waals surface area contributed by atoms with Crippen LogP contribution in [0, 0.1) is 18.8 Å². The first-order chi connectivity index (χ1) is 8.61. The molecule has 1 unspecified atom stereocenters. The molecule has 1 saturated heterocycles. The molecule has 2 rings (SSSR count). The molecule has 0 aromatic carbocycles. The van der Waals surface area contributed by atoms with Crippen LogP contribution in [0.5, 0.6) is 0 Å². The Kier molecular flexibility index (Phi) is 4.17. The molecule has 0 spiro atoms. The van der Waals surface area contributed by atoms with Crippen molar-refractivity contribution in [1.82, 2.24) is 15.3 Å². The van der Waals surface area contributed by atoms with Gasteiger partial charge in [-0.05, 0) is 32.2 Å². The minimum Gasteiger partial charge on any atom is -0.356 e. The molecule has 1 aromatic heterocycles. The van der Waals surface area contributed by atoms with Gasteiger partial charge >= 0.3 is 0 Å². The van der Waals surface area contributed by atoms with E-state index in [9.17, 15) is 0 Å². The van der Waals surface area contributed by atoms with Gasteiger partial charge in [0, 0.05) is 31.4 Å². The molecule has 0 radical (unpaired) electrons. The molecule has 1 fully saturated rings. The molecule has 4 heteroatoms. The van der Waals surface area contributed by atoms with E-state index in [0.717, 1.165) is 43.1 Å². The predicted molar refractivity (Wildman–Crippen MR) is 74.7 cm³/mol. The Labute approximate surface area is 110 Å². The first-order valence-corrected chi connectivity index (χ1v) is 6.84. The smallest absolute Gasteiger partial charge is 0.136 e. The van der Waals surface area contributed by atoms with Crippen LogP contribution in [0.3, 0.4) is 0 Å². The van der Waals surface area contributed by atoms with Crippen molar-refractivity contribution in [2.45, 2.75) is 33.7 Å². The molecule has 100 valence electrons. The van der Waals surface area contributed by atoms with E-state index in [1.807, 2.05) is 20.2 Å². The zero-order chi connectivity index (χ0) is 13.1. The van der Waals surface area contributed by atoms with Crippen molar-refractivity contribution in [3.8, 4) is 0 Å². The number of nitrogens with zero attached hydrogens (tertiary/aromatic N) is 3. The van der Waals surface area contributed by atoms with E-state index in [2.05, 4.69) is 34.0 Å².